The first-order chi connectivity index (χ1) is 9.06. The molecule has 0 aliphatic carbocycles. The topological polar surface area (TPSA) is 29.3 Å². The molecule has 0 aromatic heterocycles. The lowest BCUT2D eigenvalue weighted by Crippen LogP contribution is -2.46. The van der Waals surface area contributed by atoms with Crippen molar-refractivity contribution in [2.45, 2.75) is 58.0 Å². The molecular formula is C17H28N2. The summed E-state index contributed by atoms with van der Waals surface area (Å²) in [6.45, 7) is 9.11. The summed E-state index contributed by atoms with van der Waals surface area (Å²) in [4.78, 5) is 2.58. The summed E-state index contributed by atoms with van der Waals surface area (Å²) >= 11 is 0. The molecule has 1 aromatic carbocycles. The van der Waals surface area contributed by atoms with Crippen LogP contribution in [0.4, 0.5) is 0 Å². The second kappa shape index (κ2) is 6.53. The molecule has 0 spiro atoms. The van der Waals surface area contributed by atoms with Crippen LogP contribution in [0.2, 0.25) is 0 Å². The molecule has 106 valence electrons. The van der Waals surface area contributed by atoms with Gasteiger partial charge in [-0.25, -0.2) is 0 Å². The third-order valence-electron chi connectivity index (χ3n) is 4.39. The normalized spacial score (nSPS) is 24.9. The summed E-state index contributed by atoms with van der Waals surface area (Å²) < 4.78 is 0. The number of nitrogens with two attached hydrogens (primary N) is 1. The van der Waals surface area contributed by atoms with Crippen molar-refractivity contribution >= 4 is 0 Å². The lowest BCUT2D eigenvalue weighted by Gasteiger charge is -2.36. The average Bonchev–Trinajstić information content (AvgIpc) is 2.38. The van der Waals surface area contributed by atoms with E-state index < -0.39 is 0 Å². The fourth-order valence-electron chi connectivity index (χ4n) is 2.93. The minimum Gasteiger partial charge on any atom is -0.328 e. The Balaban J connectivity index is 1.85. The van der Waals surface area contributed by atoms with Crippen LogP contribution in [-0.2, 0) is 6.42 Å². The van der Waals surface area contributed by atoms with E-state index in [9.17, 15) is 0 Å². The molecule has 1 saturated heterocycles. The van der Waals surface area contributed by atoms with Gasteiger partial charge in [-0.15, -0.1) is 0 Å². The zero-order valence-electron chi connectivity index (χ0n) is 12.6. The SMILES string of the molecule is CC(C)c1ccc(CCN2CC[C@H](N)C[C@H]2C)cc1. The number of hydrogen-bond acceptors (Lipinski definition) is 2. The van der Waals surface area contributed by atoms with Crippen LogP contribution in [0.3, 0.4) is 0 Å². The quantitative estimate of drug-likeness (QED) is 0.901. The lowest BCUT2D eigenvalue weighted by molar-refractivity contribution is 0.149. The molecule has 1 aliphatic heterocycles. The van der Waals surface area contributed by atoms with E-state index in [-0.39, 0.29) is 0 Å². The Morgan fingerprint density at radius 2 is 1.95 bits per heavy atom. The van der Waals surface area contributed by atoms with E-state index in [1.807, 2.05) is 0 Å². The standard InChI is InChI=1S/C17H28N2/c1-13(2)16-6-4-15(5-7-16)8-10-19-11-9-17(18)12-14(19)3/h4-7,13-14,17H,8-12,18H2,1-3H3/t14-,17+/m1/s1. The maximum atomic E-state index is 6.01. The zero-order valence-corrected chi connectivity index (χ0v) is 12.6. The highest BCUT2D eigenvalue weighted by molar-refractivity contribution is 5.24. The molecule has 0 saturated carbocycles. The molecule has 2 nitrogen and oxygen atoms in total. The minimum absolute atomic E-state index is 0.413. The van der Waals surface area contributed by atoms with Crippen LogP contribution in [0.15, 0.2) is 24.3 Å². The Morgan fingerprint density at radius 3 is 2.53 bits per heavy atom. The summed E-state index contributed by atoms with van der Waals surface area (Å²) in [6.07, 6.45) is 3.45. The van der Waals surface area contributed by atoms with Gasteiger partial charge in [0.1, 0.15) is 0 Å². The maximum absolute atomic E-state index is 6.01. The Labute approximate surface area is 118 Å². The van der Waals surface area contributed by atoms with Gasteiger partial charge in [-0.2, -0.15) is 0 Å². The van der Waals surface area contributed by atoms with Gasteiger partial charge >= 0.3 is 0 Å². The minimum atomic E-state index is 0.413. The molecule has 2 atom stereocenters. The van der Waals surface area contributed by atoms with Gasteiger partial charge in [0.2, 0.25) is 0 Å². The molecule has 2 heteroatoms. The van der Waals surface area contributed by atoms with E-state index in [1.165, 1.54) is 11.1 Å². The van der Waals surface area contributed by atoms with Gasteiger partial charge in [-0.3, -0.25) is 0 Å². The summed E-state index contributed by atoms with van der Waals surface area (Å²) in [5.41, 5.74) is 8.89. The van der Waals surface area contributed by atoms with Crippen molar-refractivity contribution in [3.63, 3.8) is 0 Å². The lowest BCUT2D eigenvalue weighted by atomic mass is 9.98. The number of nitrogens with zero attached hydrogens (tertiary/aromatic N) is 1. The van der Waals surface area contributed by atoms with Crippen molar-refractivity contribution in [1.82, 2.24) is 4.90 Å². The highest BCUT2D eigenvalue weighted by Crippen LogP contribution is 2.18. The fraction of sp³-hybridized carbons (Fsp3) is 0.647. The van der Waals surface area contributed by atoms with Crippen LogP contribution in [0.1, 0.15) is 50.7 Å². The van der Waals surface area contributed by atoms with Crippen LogP contribution in [0, 0.1) is 0 Å². The molecule has 2 N–H and O–H groups in total. The zero-order chi connectivity index (χ0) is 13.8. The first-order valence-electron chi connectivity index (χ1n) is 7.64. The van der Waals surface area contributed by atoms with Gasteiger partial charge in [-0.1, -0.05) is 38.1 Å². The molecule has 0 radical (unpaired) electrons. The molecule has 1 aliphatic rings. The first-order valence-corrected chi connectivity index (χ1v) is 7.64. The molecule has 1 fully saturated rings. The Hall–Kier alpha value is -0.860. The third-order valence-corrected chi connectivity index (χ3v) is 4.39. The molecule has 0 bridgehead atoms. The van der Waals surface area contributed by atoms with E-state index in [0.717, 1.165) is 32.4 Å². The summed E-state index contributed by atoms with van der Waals surface area (Å²) in [6, 6.07) is 10.2. The van der Waals surface area contributed by atoms with Crippen LogP contribution in [0.25, 0.3) is 0 Å². The van der Waals surface area contributed by atoms with Crippen molar-refractivity contribution in [3.8, 4) is 0 Å². The van der Waals surface area contributed by atoms with Crippen molar-refractivity contribution < 1.29 is 0 Å². The van der Waals surface area contributed by atoms with E-state index in [4.69, 9.17) is 5.73 Å². The summed E-state index contributed by atoms with van der Waals surface area (Å²) in [5.74, 6) is 0.623. The van der Waals surface area contributed by atoms with Crippen molar-refractivity contribution in [2.75, 3.05) is 13.1 Å². The first kappa shape index (κ1) is 14.5. The Bertz CT molecular complexity index is 383. The van der Waals surface area contributed by atoms with Crippen LogP contribution < -0.4 is 5.73 Å². The summed E-state index contributed by atoms with van der Waals surface area (Å²) in [5, 5.41) is 0. The van der Waals surface area contributed by atoms with Crippen molar-refractivity contribution in [1.29, 1.82) is 0 Å². The second-order valence-electron chi connectivity index (χ2n) is 6.32. The van der Waals surface area contributed by atoms with Gasteiger partial charge in [0, 0.05) is 18.6 Å². The molecule has 19 heavy (non-hydrogen) atoms. The molecule has 0 amide bonds. The van der Waals surface area contributed by atoms with Gasteiger partial charge in [-0.05, 0) is 49.8 Å². The van der Waals surface area contributed by atoms with Gasteiger partial charge < -0.3 is 10.6 Å². The summed E-state index contributed by atoms with van der Waals surface area (Å²) in [7, 11) is 0. The average molecular weight is 260 g/mol. The number of likely N-dealkylation sites (tertiary alicyclic amines) is 1. The monoisotopic (exact) mass is 260 g/mol. The number of hydrogen-bond donors (Lipinski definition) is 1. The smallest absolute Gasteiger partial charge is 0.00818 e. The van der Waals surface area contributed by atoms with Crippen molar-refractivity contribution in [3.05, 3.63) is 35.4 Å². The fourth-order valence-corrected chi connectivity index (χ4v) is 2.93. The van der Waals surface area contributed by atoms with E-state index in [0.29, 0.717) is 18.0 Å². The third kappa shape index (κ3) is 4.05. The van der Waals surface area contributed by atoms with Gasteiger partial charge in [0.15, 0.2) is 0 Å². The van der Waals surface area contributed by atoms with E-state index in [2.05, 4.69) is 49.9 Å². The second-order valence-corrected chi connectivity index (χ2v) is 6.32. The predicted molar refractivity (Wildman–Crippen MR) is 82.5 cm³/mol. The molecule has 2 rings (SSSR count). The van der Waals surface area contributed by atoms with Crippen LogP contribution in [-0.4, -0.2) is 30.1 Å². The molecule has 0 unspecified atom stereocenters. The Kier molecular flexibility index (Phi) is 5.00. The Morgan fingerprint density at radius 1 is 1.26 bits per heavy atom. The molecule has 1 aromatic rings. The number of benzene rings is 1. The van der Waals surface area contributed by atoms with E-state index in [1.54, 1.807) is 0 Å². The van der Waals surface area contributed by atoms with Crippen LogP contribution >= 0.6 is 0 Å². The number of piperidine rings is 1. The highest BCUT2D eigenvalue weighted by atomic mass is 15.2. The van der Waals surface area contributed by atoms with E-state index >= 15 is 0 Å². The highest BCUT2D eigenvalue weighted by Gasteiger charge is 2.22. The largest absolute Gasteiger partial charge is 0.328 e. The van der Waals surface area contributed by atoms with Crippen molar-refractivity contribution in [2.24, 2.45) is 5.73 Å². The molecule has 1 heterocycles. The number of rotatable bonds is 4. The maximum Gasteiger partial charge on any atom is 0.00818 e. The van der Waals surface area contributed by atoms with Gasteiger partial charge in [0.25, 0.3) is 0 Å². The van der Waals surface area contributed by atoms with Crippen LogP contribution in [0.5, 0.6) is 0 Å². The molecular weight excluding hydrogens is 232 g/mol. The van der Waals surface area contributed by atoms with Gasteiger partial charge in [0.05, 0.1) is 0 Å². The predicted octanol–water partition coefficient (Wildman–Crippen LogP) is 3.16.